The summed E-state index contributed by atoms with van der Waals surface area (Å²) >= 11 is 0. The van der Waals surface area contributed by atoms with Crippen LogP contribution in [0.2, 0.25) is 0 Å². The Morgan fingerprint density at radius 3 is 2.80 bits per heavy atom. The Labute approximate surface area is 61.8 Å². The Balaban J connectivity index is 2.44. The fourth-order valence-corrected chi connectivity index (χ4v) is 2.01. The lowest BCUT2D eigenvalue weighted by Crippen LogP contribution is -2.33. The molecule has 0 bridgehead atoms. The maximum atomic E-state index is 10.8. The van der Waals surface area contributed by atoms with E-state index in [4.69, 9.17) is 5.73 Å². The first-order valence-corrected chi connectivity index (χ1v) is 4.55. The van der Waals surface area contributed by atoms with E-state index >= 15 is 0 Å². The second kappa shape index (κ2) is 3.12. The van der Waals surface area contributed by atoms with Gasteiger partial charge in [0.15, 0.2) is 0 Å². The largest absolute Gasteiger partial charge is 0.329 e. The Hall–Kier alpha value is -0.420. The number of nitrogens with two attached hydrogens (primary N) is 1. The van der Waals surface area contributed by atoms with Crippen LogP contribution in [-0.2, 0) is 15.6 Å². The standard InChI is InChI=1S/C5H10N2O2S/c6-3-5(8)7-1-2-10(9)4-7/h1-4,6H2. The van der Waals surface area contributed by atoms with E-state index < -0.39 is 10.8 Å². The summed E-state index contributed by atoms with van der Waals surface area (Å²) in [5, 5.41) is 0. The van der Waals surface area contributed by atoms with Crippen LogP contribution in [0.15, 0.2) is 0 Å². The van der Waals surface area contributed by atoms with Gasteiger partial charge >= 0.3 is 0 Å². The van der Waals surface area contributed by atoms with Crippen LogP contribution in [0.25, 0.3) is 0 Å². The zero-order valence-corrected chi connectivity index (χ0v) is 6.39. The molecule has 4 nitrogen and oxygen atoms in total. The summed E-state index contributed by atoms with van der Waals surface area (Å²) in [5.74, 6) is 0.868. The van der Waals surface area contributed by atoms with Crippen molar-refractivity contribution in [3.63, 3.8) is 0 Å². The second-order valence-electron chi connectivity index (χ2n) is 2.13. The van der Waals surface area contributed by atoms with Crippen molar-refractivity contribution in [3.05, 3.63) is 0 Å². The van der Waals surface area contributed by atoms with E-state index in [9.17, 15) is 9.00 Å². The number of carbonyl (C=O) groups excluding carboxylic acids is 1. The highest BCUT2D eigenvalue weighted by atomic mass is 32.2. The molecule has 2 N–H and O–H groups in total. The Bertz CT molecular complexity index is 171. The molecule has 0 aromatic rings. The lowest BCUT2D eigenvalue weighted by molar-refractivity contribution is -0.128. The lowest BCUT2D eigenvalue weighted by Gasteiger charge is -2.11. The fourth-order valence-electron chi connectivity index (χ4n) is 0.841. The molecule has 0 spiro atoms. The average molecular weight is 162 g/mol. The van der Waals surface area contributed by atoms with Crippen LogP contribution in [0.3, 0.4) is 0 Å². The molecule has 1 atom stereocenters. The molecule has 0 aliphatic carbocycles. The third kappa shape index (κ3) is 1.54. The fraction of sp³-hybridized carbons (Fsp3) is 0.800. The van der Waals surface area contributed by atoms with Gasteiger partial charge in [-0.3, -0.25) is 9.00 Å². The first kappa shape index (κ1) is 7.68. The van der Waals surface area contributed by atoms with E-state index in [2.05, 4.69) is 0 Å². The van der Waals surface area contributed by atoms with E-state index in [1.54, 1.807) is 0 Å². The van der Waals surface area contributed by atoms with E-state index in [0.717, 1.165) is 0 Å². The lowest BCUT2D eigenvalue weighted by atomic mass is 10.5. The molecule has 0 aromatic heterocycles. The molecule has 1 aliphatic rings. The minimum Gasteiger partial charge on any atom is -0.329 e. The van der Waals surface area contributed by atoms with Crippen molar-refractivity contribution in [2.24, 2.45) is 5.73 Å². The van der Waals surface area contributed by atoms with E-state index in [0.29, 0.717) is 18.2 Å². The Kier molecular flexibility index (Phi) is 2.39. The quantitative estimate of drug-likeness (QED) is 0.510. The van der Waals surface area contributed by atoms with Crippen molar-refractivity contribution in [3.8, 4) is 0 Å². The zero-order valence-electron chi connectivity index (χ0n) is 5.58. The van der Waals surface area contributed by atoms with Crippen LogP contribution in [-0.4, -0.2) is 39.7 Å². The molecule has 1 aliphatic heterocycles. The van der Waals surface area contributed by atoms with Gasteiger partial charge in [-0.2, -0.15) is 0 Å². The maximum Gasteiger partial charge on any atom is 0.237 e. The van der Waals surface area contributed by atoms with Gasteiger partial charge in [-0.15, -0.1) is 0 Å². The minimum absolute atomic E-state index is 0.0250. The van der Waals surface area contributed by atoms with Gasteiger partial charge in [0, 0.05) is 23.1 Å². The molecule has 1 unspecified atom stereocenters. The molecular weight excluding hydrogens is 152 g/mol. The summed E-state index contributed by atoms with van der Waals surface area (Å²) < 4.78 is 10.8. The molecule has 0 saturated carbocycles. The minimum atomic E-state index is -0.826. The summed E-state index contributed by atoms with van der Waals surface area (Å²) in [5.41, 5.74) is 5.11. The van der Waals surface area contributed by atoms with Crippen molar-refractivity contribution >= 4 is 16.7 Å². The topological polar surface area (TPSA) is 63.4 Å². The summed E-state index contributed by atoms with van der Waals surface area (Å²) in [7, 11) is -0.826. The Morgan fingerprint density at radius 1 is 1.70 bits per heavy atom. The van der Waals surface area contributed by atoms with Crippen LogP contribution in [0.4, 0.5) is 0 Å². The summed E-state index contributed by atoms with van der Waals surface area (Å²) in [6, 6.07) is 0. The highest BCUT2D eigenvalue weighted by Gasteiger charge is 2.21. The van der Waals surface area contributed by atoms with Gasteiger partial charge in [0.05, 0.1) is 12.4 Å². The third-order valence-electron chi connectivity index (χ3n) is 1.42. The number of amides is 1. The normalized spacial score (nSPS) is 25.3. The predicted molar refractivity (Wildman–Crippen MR) is 38.6 cm³/mol. The van der Waals surface area contributed by atoms with Crippen molar-refractivity contribution in [1.29, 1.82) is 0 Å². The zero-order chi connectivity index (χ0) is 7.56. The number of hydrogen-bond donors (Lipinski definition) is 1. The van der Waals surface area contributed by atoms with Crippen molar-refractivity contribution in [2.45, 2.75) is 0 Å². The number of nitrogens with zero attached hydrogens (tertiary/aromatic N) is 1. The first-order valence-electron chi connectivity index (χ1n) is 3.07. The molecule has 0 aromatic carbocycles. The molecule has 0 radical (unpaired) electrons. The first-order chi connectivity index (χ1) is 4.74. The molecule has 1 saturated heterocycles. The van der Waals surface area contributed by atoms with E-state index in [-0.39, 0.29) is 12.5 Å². The number of hydrogen-bond acceptors (Lipinski definition) is 3. The molecule has 58 valence electrons. The van der Waals surface area contributed by atoms with Crippen LogP contribution >= 0.6 is 0 Å². The third-order valence-corrected chi connectivity index (χ3v) is 2.65. The van der Waals surface area contributed by atoms with Gasteiger partial charge < -0.3 is 10.6 Å². The average Bonchev–Trinajstić information content (AvgIpc) is 2.34. The summed E-state index contributed by atoms with van der Waals surface area (Å²) in [6.45, 7) is 0.625. The van der Waals surface area contributed by atoms with Gasteiger partial charge in [-0.1, -0.05) is 0 Å². The van der Waals surface area contributed by atoms with Crippen molar-refractivity contribution < 1.29 is 9.00 Å². The molecule has 10 heavy (non-hydrogen) atoms. The van der Waals surface area contributed by atoms with Gasteiger partial charge in [0.2, 0.25) is 5.91 Å². The molecule has 1 amide bonds. The summed E-state index contributed by atoms with van der Waals surface area (Å²) in [6.07, 6.45) is 0. The smallest absolute Gasteiger partial charge is 0.237 e. The monoisotopic (exact) mass is 162 g/mol. The molecule has 1 rings (SSSR count). The summed E-state index contributed by atoms with van der Waals surface area (Å²) in [4.78, 5) is 12.4. The number of rotatable bonds is 1. The van der Waals surface area contributed by atoms with Crippen LogP contribution in [0, 0.1) is 0 Å². The maximum absolute atomic E-state index is 10.8. The van der Waals surface area contributed by atoms with Crippen LogP contribution in [0.1, 0.15) is 0 Å². The van der Waals surface area contributed by atoms with Crippen molar-refractivity contribution in [2.75, 3.05) is 24.7 Å². The van der Waals surface area contributed by atoms with Gasteiger partial charge in [-0.05, 0) is 0 Å². The van der Waals surface area contributed by atoms with Gasteiger partial charge in [-0.25, -0.2) is 0 Å². The number of carbonyl (C=O) groups is 1. The van der Waals surface area contributed by atoms with E-state index in [1.165, 1.54) is 4.90 Å². The predicted octanol–water partition coefficient (Wildman–Crippen LogP) is -1.51. The molecule has 5 heteroatoms. The SMILES string of the molecule is NCC(=O)N1CCS(=O)C1. The highest BCUT2D eigenvalue weighted by molar-refractivity contribution is 7.85. The van der Waals surface area contributed by atoms with Crippen LogP contribution in [0.5, 0.6) is 0 Å². The molecule has 1 fully saturated rings. The highest BCUT2D eigenvalue weighted by Crippen LogP contribution is 2.01. The Morgan fingerprint density at radius 2 is 2.40 bits per heavy atom. The molecular formula is C5H10N2O2S. The van der Waals surface area contributed by atoms with Crippen molar-refractivity contribution in [1.82, 2.24) is 4.90 Å². The van der Waals surface area contributed by atoms with Gasteiger partial charge in [0.1, 0.15) is 0 Å². The van der Waals surface area contributed by atoms with Gasteiger partial charge in [0.25, 0.3) is 0 Å². The van der Waals surface area contributed by atoms with Crippen LogP contribution < -0.4 is 5.73 Å². The molecule has 1 heterocycles. The van der Waals surface area contributed by atoms with E-state index in [1.807, 2.05) is 0 Å². The second-order valence-corrected chi connectivity index (χ2v) is 3.68.